The van der Waals surface area contributed by atoms with Crippen LogP contribution in [0.5, 0.6) is 0 Å². The molecule has 6 nitrogen and oxygen atoms in total. The first-order valence-electron chi connectivity index (χ1n) is 5.63. The Hall–Kier alpha value is -1.21. The number of nitro groups is 1. The molecule has 1 N–H and O–H groups in total. The molecule has 0 bridgehead atoms. The minimum atomic E-state index is -0.449. The van der Waals surface area contributed by atoms with E-state index in [0.717, 1.165) is 12.8 Å². The van der Waals surface area contributed by atoms with Crippen molar-refractivity contribution in [3.63, 3.8) is 0 Å². The summed E-state index contributed by atoms with van der Waals surface area (Å²) in [6, 6.07) is 0.0393. The third kappa shape index (κ3) is 3.92. The Morgan fingerprint density at radius 2 is 2.33 bits per heavy atom. The maximum absolute atomic E-state index is 10.9. The van der Waals surface area contributed by atoms with Gasteiger partial charge in [-0.25, -0.2) is 0 Å². The van der Waals surface area contributed by atoms with Crippen LogP contribution in [0.4, 0.5) is 11.4 Å². The second-order valence-electron chi connectivity index (χ2n) is 3.86. The third-order valence-corrected chi connectivity index (χ3v) is 3.03. The molecule has 0 amide bonds. The summed E-state index contributed by atoms with van der Waals surface area (Å²) in [6.45, 7) is 2.56. The van der Waals surface area contributed by atoms with E-state index in [1.165, 1.54) is 12.4 Å². The lowest BCUT2D eigenvalue weighted by Crippen LogP contribution is -2.25. The number of anilines is 1. The smallest absolute Gasteiger partial charge is 0.311 e. The Morgan fingerprint density at radius 1 is 1.61 bits per heavy atom. The van der Waals surface area contributed by atoms with Gasteiger partial charge in [0.15, 0.2) is 0 Å². The lowest BCUT2D eigenvalue weighted by Gasteiger charge is -2.19. The van der Waals surface area contributed by atoms with E-state index in [-0.39, 0.29) is 11.7 Å². The predicted molar refractivity (Wildman–Crippen MR) is 72.8 cm³/mol. The van der Waals surface area contributed by atoms with Crippen molar-refractivity contribution in [1.82, 2.24) is 4.98 Å². The molecule has 1 heterocycles. The SMILES string of the molecule is CCCC(COC)Nc1c(Br)cncc1[N+](=O)[O-]. The van der Waals surface area contributed by atoms with E-state index in [0.29, 0.717) is 16.8 Å². The minimum absolute atomic E-state index is 0.0393. The molecule has 0 aromatic carbocycles. The summed E-state index contributed by atoms with van der Waals surface area (Å²) in [5.41, 5.74) is 0.409. The molecule has 100 valence electrons. The van der Waals surface area contributed by atoms with Gasteiger partial charge in [0.1, 0.15) is 11.9 Å². The normalized spacial score (nSPS) is 12.2. The van der Waals surface area contributed by atoms with Crippen molar-refractivity contribution < 1.29 is 9.66 Å². The zero-order valence-corrected chi connectivity index (χ0v) is 11.9. The van der Waals surface area contributed by atoms with Crippen LogP contribution in [0, 0.1) is 10.1 Å². The molecule has 1 aromatic heterocycles. The lowest BCUT2D eigenvalue weighted by molar-refractivity contribution is -0.384. The van der Waals surface area contributed by atoms with Crippen molar-refractivity contribution in [2.75, 3.05) is 19.0 Å². The first-order valence-corrected chi connectivity index (χ1v) is 6.42. The fourth-order valence-corrected chi connectivity index (χ4v) is 2.09. The van der Waals surface area contributed by atoms with Crippen LogP contribution in [0.2, 0.25) is 0 Å². The predicted octanol–water partition coefficient (Wildman–Crippen LogP) is 2.98. The van der Waals surface area contributed by atoms with Crippen LogP contribution in [0.25, 0.3) is 0 Å². The van der Waals surface area contributed by atoms with Crippen LogP contribution < -0.4 is 5.32 Å². The standard InChI is InChI=1S/C11H16BrN3O3/c1-3-4-8(7-18-2)14-11-9(12)5-13-6-10(11)15(16)17/h5-6,8H,3-4,7H2,1-2H3,(H,13,14). The molecule has 0 aliphatic rings. The number of hydrogen-bond acceptors (Lipinski definition) is 5. The van der Waals surface area contributed by atoms with Gasteiger partial charge in [-0.05, 0) is 22.4 Å². The van der Waals surface area contributed by atoms with Crippen LogP contribution in [-0.2, 0) is 4.74 Å². The number of halogens is 1. The summed E-state index contributed by atoms with van der Waals surface area (Å²) in [5, 5.41) is 14.1. The second kappa shape index (κ2) is 7.27. The number of nitrogens with one attached hydrogen (secondary N) is 1. The molecule has 0 fully saturated rings. The maximum atomic E-state index is 10.9. The largest absolute Gasteiger partial charge is 0.383 e. The molecule has 0 saturated carbocycles. The average Bonchev–Trinajstić information content (AvgIpc) is 2.32. The van der Waals surface area contributed by atoms with E-state index < -0.39 is 4.92 Å². The highest BCUT2D eigenvalue weighted by Crippen LogP contribution is 2.31. The first-order chi connectivity index (χ1) is 8.60. The molecule has 1 atom stereocenters. The molecule has 0 aliphatic heterocycles. The zero-order valence-electron chi connectivity index (χ0n) is 10.4. The molecule has 18 heavy (non-hydrogen) atoms. The molecule has 7 heteroatoms. The number of methoxy groups -OCH3 is 1. The van der Waals surface area contributed by atoms with Crippen LogP contribution >= 0.6 is 15.9 Å². The number of hydrogen-bond donors (Lipinski definition) is 1. The Morgan fingerprint density at radius 3 is 2.89 bits per heavy atom. The van der Waals surface area contributed by atoms with Gasteiger partial charge in [0.25, 0.3) is 0 Å². The fourth-order valence-electron chi connectivity index (χ4n) is 1.66. The summed E-state index contributed by atoms with van der Waals surface area (Å²) >= 11 is 3.28. The van der Waals surface area contributed by atoms with Crippen molar-refractivity contribution in [2.24, 2.45) is 0 Å². The quantitative estimate of drug-likeness (QED) is 0.618. The molecular weight excluding hydrogens is 302 g/mol. The molecule has 0 aliphatic carbocycles. The van der Waals surface area contributed by atoms with E-state index in [2.05, 4.69) is 33.2 Å². The van der Waals surface area contributed by atoms with Crippen LogP contribution in [0.3, 0.4) is 0 Å². The number of nitrogens with zero attached hydrogens (tertiary/aromatic N) is 2. The zero-order chi connectivity index (χ0) is 13.5. The van der Waals surface area contributed by atoms with Crippen molar-refractivity contribution in [1.29, 1.82) is 0 Å². The summed E-state index contributed by atoms with van der Waals surface area (Å²) < 4.78 is 5.68. The number of rotatable bonds is 7. The summed E-state index contributed by atoms with van der Waals surface area (Å²) in [7, 11) is 1.61. The van der Waals surface area contributed by atoms with Gasteiger partial charge in [0.05, 0.1) is 16.0 Å². The van der Waals surface area contributed by atoms with Crippen molar-refractivity contribution in [2.45, 2.75) is 25.8 Å². The molecule has 1 aromatic rings. The van der Waals surface area contributed by atoms with E-state index in [4.69, 9.17) is 4.74 Å². The third-order valence-electron chi connectivity index (χ3n) is 2.43. The van der Waals surface area contributed by atoms with Crippen LogP contribution in [0.1, 0.15) is 19.8 Å². The summed E-state index contributed by atoms with van der Waals surface area (Å²) in [5.74, 6) is 0. The average molecular weight is 318 g/mol. The fraction of sp³-hybridized carbons (Fsp3) is 0.545. The Balaban J connectivity index is 2.96. The molecule has 0 spiro atoms. The highest BCUT2D eigenvalue weighted by molar-refractivity contribution is 9.10. The van der Waals surface area contributed by atoms with Crippen molar-refractivity contribution in [3.05, 3.63) is 27.0 Å². The van der Waals surface area contributed by atoms with Crippen molar-refractivity contribution >= 4 is 27.3 Å². The number of ether oxygens (including phenoxy) is 1. The van der Waals surface area contributed by atoms with Crippen molar-refractivity contribution in [3.8, 4) is 0 Å². The summed E-state index contributed by atoms with van der Waals surface area (Å²) in [4.78, 5) is 14.3. The first kappa shape index (κ1) is 14.8. The molecule has 0 radical (unpaired) electrons. The monoisotopic (exact) mass is 317 g/mol. The van der Waals surface area contributed by atoms with E-state index in [1.54, 1.807) is 7.11 Å². The van der Waals surface area contributed by atoms with Gasteiger partial charge in [-0.3, -0.25) is 15.1 Å². The van der Waals surface area contributed by atoms with Gasteiger partial charge in [-0.1, -0.05) is 13.3 Å². The van der Waals surface area contributed by atoms with Gasteiger partial charge >= 0.3 is 5.69 Å². The minimum Gasteiger partial charge on any atom is -0.383 e. The molecule has 1 unspecified atom stereocenters. The molecule has 0 saturated heterocycles. The van der Waals surface area contributed by atoms with Gasteiger partial charge in [0.2, 0.25) is 0 Å². The van der Waals surface area contributed by atoms with E-state index in [9.17, 15) is 10.1 Å². The Kier molecular flexibility index (Phi) is 6.00. The lowest BCUT2D eigenvalue weighted by atomic mass is 10.1. The molecular formula is C11H16BrN3O3. The Labute approximate surface area is 114 Å². The number of aromatic nitrogens is 1. The second-order valence-corrected chi connectivity index (χ2v) is 4.71. The molecule has 1 rings (SSSR count). The number of pyridine rings is 1. The van der Waals surface area contributed by atoms with Crippen LogP contribution in [-0.4, -0.2) is 29.7 Å². The highest BCUT2D eigenvalue weighted by atomic mass is 79.9. The van der Waals surface area contributed by atoms with Crippen LogP contribution in [0.15, 0.2) is 16.9 Å². The van der Waals surface area contributed by atoms with Gasteiger partial charge in [-0.15, -0.1) is 0 Å². The van der Waals surface area contributed by atoms with Gasteiger partial charge < -0.3 is 10.1 Å². The topological polar surface area (TPSA) is 77.3 Å². The highest BCUT2D eigenvalue weighted by Gasteiger charge is 2.20. The van der Waals surface area contributed by atoms with E-state index >= 15 is 0 Å². The maximum Gasteiger partial charge on any atom is 0.311 e. The van der Waals surface area contributed by atoms with Gasteiger partial charge in [-0.2, -0.15) is 0 Å². The summed E-state index contributed by atoms with van der Waals surface area (Å²) in [6.07, 6.45) is 4.62. The van der Waals surface area contributed by atoms with E-state index in [1.807, 2.05) is 0 Å². The van der Waals surface area contributed by atoms with Gasteiger partial charge in [0, 0.05) is 19.3 Å². The Bertz CT molecular complexity index is 409.